The Hall–Kier alpha value is -2.38. The van der Waals surface area contributed by atoms with E-state index in [2.05, 4.69) is 10.0 Å². The first-order valence-electron chi connectivity index (χ1n) is 8.51. The number of nitrogens with one attached hydrogen (secondary N) is 2. The summed E-state index contributed by atoms with van der Waals surface area (Å²) in [5.41, 5.74) is 1.29. The highest BCUT2D eigenvalue weighted by Crippen LogP contribution is 2.24. The summed E-state index contributed by atoms with van der Waals surface area (Å²) >= 11 is 0. The van der Waals surface area contributed by atoms with Crippen molar-refractivity contribution in [3.05, 3.63) is 59.7 Å². The number of benzene rings is 2. The second kappa shape index (κ2) is 8.82. The van der Waals surface area contributed by atoms with E-state index in [1.807, 2.05) is 37.3 Å². The van der Waals surface area contributed by atoms with E-state index in [-0.39, 0.29) is 16.5 Å². The van der Waals surface area contributed by atoms with Crippen LogP contribution in [-0.4, -0.2) is 25.5 Å². The molecule has 0 aliphatic heterocycles. The van der Waals surface area contributed by atoms with Crippen molar-refractivity contribution in [2.24, 2.45) is 0 Å². The number of anilines is 1. The normalized spacial score (nSPS) is 12.5. The molecule has 0 heterocycles. The Morgan fingerprint density at radius 1 is 1.15 bits per heavy atom. The Kier molecular flexibility index (Phi) is 6.76. The van der Waals surface area contributed by atoms with E-state index in [0.29, 0.717) is 18.7 Å². The van der Waals surface area contributed by atoms with Gasteiger partial charge >= 0.3 is 5.97 Å². The van der Waals surface area contributed by atoms with Gasteiger partial charge in [-0.05, 0) is 37.1 Å². The lowest BCUT2D eigenvalue weighted by molar-refractivity contribution is 0.0696. The average Bonchev–Trinajstić information content (AvgIpc) is 2.60. The molecule has 2 aromatic carbocycles. The number of hydrogen-bond donors (Lipinski definition) is 3. The molecule has 0 fully saturated rings. The fourth-order valence-electron chi connectivity index (χ4n) is 2.64. The topological polar surface area (TPSA) is 95.5 Å². The molecule has 0 aliphatic carbocycles. The maximum Gasteiger partial charge on any atom is 0.335 e. The Morgan fingerprint density at radius 3 is 2.46 bits per heavy atom. The van der Waals surface area contributed by atoms with Crippen LogP contribution in [0, 0.1) is 0 Å². The second-order valence-corrected chi connectivity index (χ2v) is 7.85. The Labute approximate surface area is 154 Å². The Bertz CT molecular complexity index is 851. The van der Waals surface area contributed by atoms with Gasteiger partial charge in [-0.15, -0.1) is 0 Å². The summed E-state index contributed by atoms with van der Waals surface area (Å²) in [6, 6.07) is 13.4. The van der Waals surface area contributed by atoms with Crippen molar-refractivity contribution in [2.75, 3.05) is 5.32 Å². The third kappa shape index (κ3) is 5.31. The minimum Gasteiger partial charge on any atom is -0.478 e. The molecule has 0 aromatic heterocycles. The summed E-state index contributed by atoms with van der Waals surface area (Å²) in [4.78, 5) is 11.2. The first-order chi connectivity index (χ1) is 12.3. The van der Waals surface area contributed by atoms with E-state index in [0.717, 1.165) is 12.0 Å². The molecule has 0 radical (unpaired) electrons. The number of carbonyl (C=O) groups is 1. The zero-order valence-corrected chi connectivity index (χ0v) is 15.7. The van der Waals surface area contributed by atoms with Gasteiger partial charge in [0.05, 0.1) is 11.3 Å². The molecule has 7 heteroatoms. The number of aromatic carboxylic acids is 1. The number of carboxylic acid groups (broad SMARTS) is 1. The lowest BCUT2D eigenvalue weighted by Crippen LogP contribution is -2.33. The zero-order chi connectivity index (χ0) is 19.2. The van der Waals surface area contributed by atoms with Crippen molar-refractivity contribution < 1.29 is 18.3 Å². The maximum absolute atomic E-state index is 12.8. The van der Waals surface area contributed by atoms with E-state index in [1.54, 1.807) is 6.92 Å². The van der Waals surface area contributed by atoms with Crippen LogP contribution in [0.1, 0.15) is 42.6 Å². The summed E-state index contributed by atoms with van der Waals surface area (Å²) in [6.45, 7) is 4.20. The number of sulfonamides is 1. The molecular weight excluding hydrogens is 352 g/mol. The molecular formula is C19H24N2O4S. The number of hydrogen-bond acceptors (Lipinski definition) is 4. The van der Waals surface area contributed by atoms with Crippen LogP contribution < -0.4 is 10.0 Å². The molecule has 3 N–H and O–H groups in total. The van der Waals surface area contributed by atoms with Crippen LogP contribution in [0.4, 0.5) is 5.69 Å². The monoisotopic (exact) mass is 376 g/mol. The van der Waals surface area contributed by atoms with Crippen molar-refractivity contribution in [3.8, 4) is 0 Å². The highest BCUT2D eigenvalue weighted by Gasteiger charge is 2.22. The third-order valence-corrected chi connectivity index (χ3v) is 5.55. The molecule has 2 aromatic rings. The van der Waals surface area contributed by atoms with Gasteiger partial charge in [-0.3, -0.25) is 0 Å². The van der Waals surface area contributed by atoms with Crippen molar-refractivity contribution in [3.63, 3.8) is 0 Å². The average molecular weight is 376 g/mol. The van der Waals surface area contributed by atoms with Gasteiger partial charge in [0.15, 0.2) is 0 Å². The molecule has 0 saturated carbocycles. The van der Waals surface area contributed by atoms with Crippen molar-refractivity contribution in [2.45, 2.75) is 44.2 Å². The van der Waals surface area contributed by atoms with Gasteiger partial charge in [0.2, 0.25) is 10.0 Å². The van der Waals surface area contributed by atoms with Crippen LogP contribution in [0.5, 0.6) is 0 Å². The van der Waals surface area contributed by atoms with E-state index in [1.165, 1.54) is 18.2 Å². The second-order valence-electron chi connectivity index (χ2n) is 6.17. The molecule has 140 valence electrons. The predicted octanol–water partition coefficient (Wildman–Crippen LogP) is 3.46. The summed E-state index contributed by atoms with van der Waals surface area (Å²) in [6.07, 6.45) is 1.54. The fourth-order valence-corrected chi connectivity index (χ4v) is 4.12. The van der Waals surface area contributed by atoms with Gasteiger partial charge in [-0.2, -0.15) is 0 Å². The van der Waals surface area contributed by atoms with Crippen molar-refractivity contribution in [1.82, 2.24) is 4.72 Å². The van der Waals surface area contributed by atoms with Crippen LogP contribution in [0.15, 0.2) is 53.4 Å². The van der Waals surface area contributed by atoms with Crippen LogP contribution in [0.2, 0.25) is 0 Å². The highest BCUT2D eigenvalue weighted by atomic mass is 32.2. The highest BCUT2D eigenvalue weighted by molar-refractivity contribution is 7.89. The lowest BCUT2D eigenvalue weighted by Gasteiger charge is -2.17. The zero-order valence-electron chi connectivity index (χ0n) is 14.9. The van der Waals surface area contributed by atoms with Gasteiger partial charge in [-0.25, -0.2) is 17.9 Å². The number of carboxylic acids is 1. The Morgan fingerprint density at radius 2 is 1.85 bits per heavy atom. The maximum atomic E-state index is 12.8. The van der Waals surface area contributed by atoms with E-state index < -0.39 is 16.0 Å². The van der Waals surface area contributed by atoms with Gasteiger partial charge < -0.3 is 10.4 Å². The first kappa shape index (κ1) is 19.9. The largest absolute Gasteiger partial charge is 0.478 e. The summed E-state index contributed by atoms with van der Waals surface area (Å²) in [5, 5.41) is 12.3. The molecule has 0 unspecified atom stereocenters. The van der Waals surface area contributed by atoms with Gasteiger partial charge in [0.1, 0.15) is 4.90 Å². The van der Waals surface area contributed by atoms with Gasteiger partial charge in [0.25, 0.3) is 0 Å². The molecule has 6 nitrogen and oxygen atoms in total. The SMILES string of the molecule is CCC[C@H](C)NS(=O)(=O)c1cc(C(=O)O)ccc1NCc1ccccc1. The van der Waals surface area contributed by atoms with Gasteiger partial charge in [0, 0.05) is 12.6 Å². The molecule has 26 heavy (non-hydrogen) atoms. The quantitative estimate of drug-likeness (QED) is 0.623. The van der Waals surface area contributed by atoms with E-state index >= 15 is 0 Å². The van der Waals surface area contributed by atoms with E-state index in [9.17, 15) is 18.3 Å². The number of rotatable bonds is 9. The van der Waals surface area contributed by atoms with Crippen LogP contribution >= 0.6 is 0 Å². The van der Waals surface area contributed by atoms with Crippen molar-refractivity contribution >= 4 is 21.7 Å². The first-order valence-corrected chi connectivity index (χ1v) is 9.99. The molecule has 1 atom stereocenters. The minimum atomic E-state index is -3.85. The van der Waals surface area contributed by atoms with Crippen molar-refractivity contribution in [1.29, 1.82) is 0 Å². The smallest absolute Gasteiger partial charge is 0.335 e. The van der Waals surface area contributed by atoms with Gasteiger partial charge in [-0.1, -0.05) is 43.7 Å². The molecule has 0 bridgehead atoms. The summed E-state index contributed by atoms with van der Waals surface area (Å²) < 4.78 is 28.2. The molecule has 0 spiro atoms. The predicted molar refractivity (Wildman–Crippen MR) is 102 cm³/mol. The summed E-state index contributed by atoms with van der Waals surface area (Å²) in [7, 11) is -3.85. The lowest BCUT2D eigenvalue weighted by atomic mass is 10.2. The minimum absolute atomic E-state index is 0.0590. The van der Waals surface area contributed by atoms with E-state index in [4.69, 9.17) is 0 Å². The fraction of sp³-hybridized carbons (Fsp3) is 0.316. The molecule has 0 amide bonds. The summed E-state index contributed by atoms with van der Waals surface area (Å²) in [5.74, 6) is -1.17. The van der Waals surface area contributed by atoms with Crippen LogP contribution in [0.25, 0.3) is 0 Å². The Balaban J connectivity index is 2.34. The third-order valence-electron chi connectivity index (χ3n) is 3.92. The van der Waals surface area contributed by atoms with Crippen LogP contribution in [-0.2, 0) is 16.6 Å². The van der Waals surface area contributed by atoms with Crippen LogP contribution in [0.3, 0.4) is 0 Å². The standard InChI is InChI=1S/C19H24N2O4S/c1-3-7-14(2)21-26(24,25)18-12-16(19(22)23)10-11-17(18)20-13-15-8-5-4-6-9-15/h4-6,8-12,14,20-21H,3,7,13H2,1-2H3,(H,22,23)/t14-/m0/s1. The molecule has 2 rings (SSSR count). The molecule has 0 aliphatic rings. The molecule has 0 saturated heterocycles.